The third-order valence-corrected chi connectivity index (χ3v) is 1.96. The van der Waals surface area contributed by atoms with Gasteiger partial charge in [-0.25, -0.2) is 0 Å². The summed E-state index contributed by atoms with van der Waals surface area (Å²) in [6.45, 7) is 4.25. The molecule has 0 amide bonds. The summed E-state index contributed by atoms with van der Waals surface area (Å²) in [7, 11) is 1.69. The average Bonchev–Trinajstić information content (AvgIpc) is 1.96. The predicted octanol–water partition coefficient (Wildman–Crippen LogP) is 1.71. The van der Waals surface area contributed by atoms with Crippen molar-refractivity contribution in [1.29, 1.82) is 0 Å². The van der Waals surface area contributed by atoms with Crippen LogP contribution in [-0.2, 0) is 0 Å². The molecule has 0 heterocycles. The highest BCUT2D eigenvalue weighted by Crippen LogP contribution is 2.25. The Labute approximate surface area is 83.3 Å². The number of hydrogen-bond acceptors (Lipinski definition) is 2. The fourth-order valence-electron chi connectivity index (χ4n) is 1.39. The van der Waals surface area contributed by atoms with E-state index in [0.717, 1.165) is 0 Å². The normalized spacial score (nSPS) is 15.2. The lowest BCUT2D eigenvalue weighted by molar-refractivity contribution is -0.175. The van der Waals surface area contributed by atoms with Crippen LogP contribution in [0.4, 0.5) is 13.2 Å². The molecule has 2 nitrogen and oxygen atoms in total. The van der Waals surface area contributed by atoms with Crippen LogP contribution in [0.25, 0.3) is 0 Å². The van der Waals surface area contributed by atoms with Gasteiger partial charge in [0.15, 0.2) is 0 Å². The van der Waals surface area contributed by atoms with Crippen molar-refractivity contribution in [2.75, 3.05) is 26.7 Å². The first-order valence-electron chi connectivity index (χ1n) is 4.72. The summed E-state index contributed by atoms with van der Waals surface area (Å²) in [6, 6.07) is 0. The summed E-state index contributed by atoms with van der Waals surface area (Å²) in [4.78, 5) is 1.68. The largest absolute Gasteiger partial charge is 0.394 e. The van der Waals surface area contributed by atoms with Gasteiger partial charge in [-0.3, -0.25) is 0 Å². The van der Waals surface area contributed by atoms with Crippen LogP contribution in [0, 0.1) is 11.8 Å². The first kappa shape index (κ1) is 13.7. The molecule has 0 spiro atoms. The van der Waals surface area contributed by atoms with Crippen molar-refractivity contribution in [2.45, 2.75) is 20.0 Å². The molecule has 86 valence electrons. The molecule has 0 fully saturated rings. The Bertz CT molecular complexity index is 157. The molecule has 14 heavy (non-hydrogen) atoms. The molecular weight excluding hydrogens is 193 g/mol. The summed E-state index contributed by atoms with van der Waals surface area (Å²) in [5.74, 6) is -1.04. The SMILES string of the molecule is CC(C)CN(C)CC(CN)C(F)(F)F. The van der Waals surface area contributed by atoms with Crippen LogP contribution < -0.4 is 5.73 Å². The van der Waals surface area contributed by atoms with E-state index in [0.29, 0.717) is 12.5 Å². The van der Waals surface area contributed by atoms with Crippen LogP contribution in [-0.4, -0.2) is 37.8 Å². The molecule has 0 aromatic rings. The van der Waals surface area contributed by atoms with Gasteiger partial charge in [-0.05, 0) is 13.0 Å². The molecule has 0 bridgehead atoms. The summed E-state index contributed by atoms with van der Waals surface area (Å²) < 4.78 is 36.9. The average molecular weight is 212 g/mol. The maximum atomic E-state index is 12.3. The monoisotopic (exact) mass is 212 g/mol. The number of rotatable bonds is 5. The zero-order chi connectivity index (χ0) is 11.4. The van der Waals surface area contributed by atoms with E-state index in [1.807, 2.05) is 13.8 Å². The highest BCUT2D eigenvalue weighted by atomic mass is 19.4. The molecule has 0 saturated carbocycles. The van der Waals surface area contributed by atoms with E-state index in [9.17, 15) is 13.2 Å². The fraction of sp³-hybridized carbons (Fsp3) is 1.00. The van der Waals surface area contributed by atoms with E-state index in [1.54, 1.807) is 11.9 Å². The zero-order valence-corrected chi connectivity index (χ0v) is 8.93. The first-order valence-corrected chi connectivity index (χ1v) is 4.72. The summed E-state index contributed by atoms with van der Waals surface area (Å²) in [6.07, 6.45) is -4.18. The van der Waals surface area contributed by atoms with Gasteiger partial charge in [-0.15, -0.1) is 0 Å². The van der Waals surface area contributed by atoms with Gasteiger partial charge in [0.05, 0.1) is 5.92 Å². The molecule has 0 aliphatic heterocycles. The van der Waals surface area contributed by atoms with Crippen LogP contribution in [0.2, 0.25) is 0 Å². The molecule has 1 unspecified atom stereocenters. The van der Waals surface area contributed by atoms with Crippen molar-refractivity contribution >= 4 is 0 Å². The predicted molar refractivity (Wildman–Crippen MR) is 50.9 cm³/mol. The lowest BCUT2D eigenvalue weighted by Gasteiger charge is -2.25. The second-order valence-corrected chi connectivity index (χ2v) is 4.09. The number of hydrogen-bond donors (Lipinski definition) is 1. The molecule has 0 saturated heterocycles. The zero-order valence-electron chi connectivity index (χ0n) is 8.93. The van der Waals surface area contributed by atoms with Gasteiger partial charge < -0.3 is 10.6 Å². The minimum atomic E-state index is -4.18. The van der Waals surface area contributed by atoms with Crippen molar-refractivity contribution in [3.05, 3.63) is 0 Å². The summed E-state index contributed by atoms with van der Waals surface area (Å²) >= 11 is 0. The van der Waals surface area contributed by atoms with Crippen LogP contribution in [0.15, 0.2) is 0 Å². The molecule has 0 aromatic carbocycles. The molecule has 0 rings (SSSR count). The molecular formula is C9H19F3N2. The minimum absolute atomic E-state index is 0.0157. The van der Waals surface area contributed by atoms with E-state index in [-0.39, 0.29) is 13.1 Å². The minimum Gasteiger partial charge on any atom is -0.330 e. The van der Waals surface area contributed by atoms with E-state index in [1.165, 1.54) is 0 Å². The van der Waals surface area contributed by atoms with E-state index in [2.05, 4.69) is 0 Å². The molecule has 2 N–H and O–H groups in total. The second kappa shape index (κ2) is 5.56. The van der Waals surface area contributed by atoms with Crippen LogP contribution in [0.3, 0.4) is 0 Å². The Morgan fingerprint density at radius 1 is 1.21 bits per heavy atom. The molecule has 0 radical (unpaired) electrons. The van der Waals surface area contributed by atoms with Gasteiger partial charge >= 0.3 is 6.18 Å². The Morgan fingerprint density at radius 2 is 1.71 bits per heavy atom. The standard InChI is InChI=1S/C9H19F3N2/c1-7(2)5-14(3)6-8(4-13)9(10,11)12/h7-8H,4-6,13H2,1-3H3. The van der Waals surface area contributed by atoms with Crippen LogP contribution in [0.1, 0.15) is 13.8 Å². The third-order valence-electron chi connectivity index (χ3n) is 1.96. The number of alkyl halides is 3. The molecule has 0 aliphatic carbocycles. The van der Waals surface area contributed by atoms with E-state index >= 15 is 0 Å². The van der Waals surface area contributed by atoms with Gasteiger partial charge in [0.25, 0.3) is 0 Å². The van der Waals surface area contributed by atoms with E-state index in [4.69, 9.17) is 5.73 Å². The second-order valence-electron chi connectivity index (χ2n) is 4.09. The quantitative estimate of drug-likeness (QED) is 0.751. The van der Waals surface area contributed by atoms with Crippen LogP contribution in [0.5, 0.6) is 0 Å². The smallest absolute Gasteiger partial charge is 0.330 e. The van der Waals surface area contributed by atoms with Crippen molar-refractivity contribution in [3.63, 3.8) is 0 Å². The molecule has 0 aliphatic rings. The molecule has 0 aromatic heterocycles. The lowest BCUT2D eigenvalue weighted by Crippen LogP contribution is -2.40. The van der Waals surface area contributed by atoms with E-state index < -0.39 is 12.1 Å². The Morgan fingerprint density at radius 3 is 2.00 bits per heavy atom. The fourth-order valence-corrected chi connectivity index (χ4v) is 1.39. The summed E-state index contributed by atoms with van der Waals surface area (Å²) in [5.41, 5.74) is 5.09. The first-order chi connectivity index (χ1) is 6.27. The van der Waals surface area contributed by atoms with Gasteiger partial charge in [-0.1, -0.05) is 13.8 Å². The Kier molecular flexibility index (Phi) is 5.44. The van der Waals surface area contributed by atoms with Crippen molar-refractivity contribution in [1.82, 2.24) is 4.90 Å². The van der Waals surface area contributed by atoms with Gasteiger partial charge in [0.2, 0.25) is 0 Å². The van der Waals surface area contributed by atoms with Crippen LogP contribution >= 0.6 is 0 Å². The van der Waals surface area contributed by atoms with Crippen molar-refractivity contribution < 1.29 is 13.2 Å². The van der Waals surface area contributed by atoms with Gasteiger partial charge in [0, 0.05) is 19.6 Å². The van der Waals surface area contributed by atoms with Gasteiger partial charge in [-0.2, -0.15) is 13.2 Å². The Hall–Kier alpha value is -0.290. The summed E-state index contributed by atoms with van der Waals surface area (Å²) in [5, 5.41) is 0. The number of halogens is 3. The van der Waals surface area contributed by atoms with Gasteiger partial charge in [0.1, 0.15) is 0 Å². The Balaban J connectivity index is 4.06. The highest BCUT2D eigenvalue weighted by molar-refractivity contribution is 4.72. The number of nitrogens with two attached hydrogens (primary N) is 1. The lowest BCUT2D eigenvalue weighted by atomic mass is 10.1. The highest BCUT2D eigenvalue weighted by Gasteiger charge is 2.38. The number of nitrogens with zero attached hydrogens (tertiary/aromatic N) is 1. The molecule has 1 atom stereocenters. The van der Waals surface area contributed by atoms with Crippen molar-refractivity contribution in [2.24, 2.45) is 17.6 Å². The van der Waals surface area contributed by atoms with Crippen molar-refractivity contribution in [3.8, 4) is 0 Å². The maximum absolute atomic E-state index is 12.3. The molecule has 5 heteroatoms. The third kappa shape index (κ3) is 5.44. The maximum Gasteiger partial charge on any atom is 0.394 e. The topological polar surface area (TPSA) is 29.3 Å².